The lowest BCUT2D eigenvalue weighted by molar-refractivity contribution is -0.316. The maximum atomic E-state index is 12.9. The van der Waals surface area contributed by atoms with E-state index in [9.17, 15) is 35.1 Å². The molecule has 0 radical (unpaired) electrons. The van der Waals surface area contributed by atoms with Gasteiger partial charge in [-0.25, -0.2) is 4.79 Å². The van der Waals surface area contributed by atoms with Crippen molar-refractivity contribution in [3.05, 3.63) is 119 Å². The number of aliphatic hydroxyl groups is 3. The number of rotatable bonds is 7. The summed E-state index contributed by atoms with van der Waals surface area (Å²) in [6.07, 6.45) is 5.73. The van der Waals surface area contributed by atoms with Gasteiger partial charge in [0.2, 0.25) is 12.4 Å². The highest BCUT2D eigenvalue weighted by Crippen LogP contribution is 2.44. The molecular formula is C50H51N3O11S2. The summed E-state index contributed by atoms with van der Waals surface area (Å²) in [7, 11) is 2.99. The minimum atomic E-state index is -2.19. The van der Waals surface area contributed by atoms with Crippen LogP contribution in [0.2, 0.25) is 0 Å². The van der Waals surface area contributed by atoms with Crippen LogP contribution in [0.15, 0.2) is 102 Å². The van der Waals surface area contributed by atoms with Gasteiger partial charge in [-0.15, -0.1) is 11.8 Å². The first-order chi connectivity index (χ1) is 32.0. The van der Waals surface area contributed by atoms with Gasteiger partial charge in [0.15, 0.2) is 11.7 Å². The van der Waals surface area contributed by atoms with E-state index in [0.29, 0.717) is 36.7 Å². The number of carbonyl (C=O) groups is 2. The molecule has 0 aromatic heterocycles. The zero-order valence-electron chi connectivity index (χ0n) is 35.8. The number of amides is 1. The summed E-state index contributed by atoms with van der Waals surface area (Å²) in [5.41, 5.74) is 9.11. The number of β-amino-alcohol motifs (C(OH)–C–C–N with tert-alkyl or cyclic N) is 1. The van der Waals surface area contributed by atoms with Crippen LogP contribution in [0.3, 0.4) is 0 Å². The van der Waals surface area contributed by atoms with Gasteiger partial charge >= 0.3 is 5.97 Å². The van der Waals surface area contributed by atoms with E-state index in [1.807, 2.05) is 6.21 Å². The van der Waals surface area contributed by atoms with Crippen LogP contribution in [0.4, 0.5) is 0 Å². The SMILES string of the molecule is NC(=O)C1Oc2cc(O[C@@H]3O[C@H](C(=O)O)[C@@H](O)[C@@H]4OCSSC[C@H](C5=CCN=C5)[C@H]([C@H]5CC#CCC[C@@H]6C=C/C(=C\C5)c5ccccc56)CNC[C@]34O)ccc2C(O)=C1c1ccc(O)cc1. The Morgan fingerprint density at radius 1 is 1.02 bits per heavy atom. The zero-order chi connectivity index (χ0) is 46.0. The molecule has 1 amide bonds. The van der Waals surface area contributed by atoms with Crippen molar-refractivity contribution in [3.8, 4) is 29.1 Å². The number of carbonyl (C=O) groups excluding carboxylic acids is 1. The van der Waals surface area contributed by atoms with E-state index in [4.69, 9.17) is 24.7 Å². The molecule has 3 aromatic carbocycles. The van der Waals surface area contributed by atoms with Crippen LogP contribution in [-0.4, -0.2) is 111 Å². The maximum Gasteiger partial charge on any atom is 0.335 e. The summed E-state index contributed by atoms with van der Waals surface area (Å²) in [6, 6.07) is 18.7. The molecule has 14 nitrogen and oxygen atoms in total. The van der Waals surface area contributed by atoms with Crippen molar-refractivity contribution in [2.24, 2.45) is 28.5 Å². The largest absolute Gasteiger partial charge is 0.508 e. The van der Waals surface area contributed by atoms with Crippen LogP contribution in [-0.2, 0) is 19.1 Å². The summed E-state index contributed by atoms with van der Waals surface area (Å²) in [4.78, 5) is 29.9. The highest BCUT2D eigenvalue weighted by molar-refractivity contribution is 8.76. The molecule has 0 saturated carbocycles. The van der Waals surface area contributed by atoms with Crippen molar-refractivity contribution < 1.29 is 54.1 Å². The zero-order valence-corrected chi connectivity index (χ0v) is 37.5. The molecule has 16 heteroatoms. The van der Waals surface area contributed by atoms with Crippen LogP contribution >= 0.6 is 21.6 Å². The third kappa shape index (κ3) is 9.26. The fourth-order valence-electron chi connectivity index (χ4n) is 9.81. The van der Waals surface area contributed by atoms with E-state index >= 15 is 0 Å². The first-order valence-electron chi connectivity index (χ1n) is 22.0. The molecule has 10 rings (SSSR count). The third-order valence-corrected chi connectivity index (χ3v) is 15.3. The average Bonchev–Trinajstić information content (AvgIpc) is 3.84. The molecule has 4 heterocycles. The maximum absolute atomic E-state index is 12.9. The van der Waals surface area contributed by atoms with Crippen LogP contribution in [0.5, 0.6) is 17.2 Å². The van der Waals surface area contributed by atoms with E-state index in [2.05, 4.69) is 70.7 Å². The Bertz CT molecular complexity index is 2570. The number of benzene rings is 3. The third-order valence-electron chi connectivity index (χ3n) is 13.2. The number of aromatic hydroxyl groups is 1. The number of hydrogen-bond acceptors (Lipinski definition) is 14. The normalized spacial score (nSPS) is 31.8. The van der Waals surface area contributed by atoms with Gasteiger partial charge in [0, 0.05) is 43.3 Å². The van der Waals surface area contributed by atoms with E-state index in [1.165, 1.54) is 70.0 Å². The molecule has 344 valence electrons. The van der Waals surface area contributed by atoms with E-state index in [0.717, 1.165) is 24.8 Å². The lowest BCUT2D eigenvalue weighted by atomic mass is 9.74. The molecule has 3 aromatic rings. The molecule has 1 unspecified atom stereocenters. The Hall–Kier alpha value is -5.51. The van der Waals surface area contributed by atoms with Gasteiger partial charge in [0.05, 0.1) is 17.7 Å². The molecular weight excluding hydrogens is 883 g/mol. The molecule has 2 fully saturated rings. The van der Waals surface area contributed by atoms with Crippen molar-refractivity contribution in [3.63, 3.8) is 0 Å². The number of nitrogens with one attached hydrogen (secondary N) is 1. The predicted molar refractivity (Wildman–Crippen MR) is 253 cm³/mol. The number of phenols is 1. The number of primary amides is 1. The topological polar surface area (TPSA) is 223 Å². The minimum absolute atomic E-state index is 0.00717. The molecule has 3 aliphatic carbocycles. The van der Waals surface area contributed by atoms with Gasteiger partial charge in [0.25, 0.3) is 5.91 Å². The molecule has 2 bridgehead atoms. The quantitative estimate of drug-likeness (QED) is 0.109. The number of phenolic OH excluding ortho intramolecular Hbond substituents is 1. The van der Waals surface area contributed by atoms with E-state index < -0.39 is 48.2 Å². The van der Waals surface area contributed by atoms with E-state index in [1.54, 1.807) is 10.8 Å². The molecule has 2 saturated heterocycles. The lowest BCUT2D eigenvalue weighted by Crippen LogP contribution is -2.72. The Labute approximate surface area is 390 Å². The number of ether oxygens (including phenoxy) is 4. The number of aliphatic carboxylic acids is 1. The summed E-state index contributed by atoms with van der Waals surface area (Å²) < 4.78 is 24.5. The minimum Gasteiger partial charge on any atom is -0.508 e. The summed E-state index contributed by atoms with van der Waals surface area (Å²) in [5, 5.41) is 59.5. The highest BCUT2D eigenvalue weighted by atomic mass is 33.1. The molecule has 4 aliphatic heterocycles. The number of aliphatic hydroxyl groups excluding tert-OH is 2. The van der Waals surface area contributed by atoms with Crippen molar-refractivity contribution in [2.75, 3.05) is 31.3 Å². The Morgan fingerprint density at radius 3 is 2.64 bits per heavy atom. The van der Waals surface area contributed by atoms with E-state index in [-0.39, 0.29) is 64.4 Å². The first-order valence-corrected chi connectivity index (χ1v) is 24.5. The van der Waals surface area contributed by atoms with Gasteiger partial charge in [-0.1, -0.05) is 82.3 Å². The molecule has 8 N–H and O–H groups in total. The van der Waals surface area contributed by atoms with Crippen molar-refractivity contribution in [1.29, 1.82) is 0 Å². The standard InChI is InChI=1S/C50H51N3O11S2/c51-47(57)44-41(31-14-16-33(54)17-15-31)42(55)37-19-18-34(22-40(37)63-44)62-49-50(60)26-53-24-38(29-7-3-1-2-6-28-10-12-30(13-11-29)36-9-5-4-8-35(28)36)39(32-20-21-52-23-32)25-65-66-27-61-46(50)43(56)45(64-49)48(58)59/h4-5,8-10,12-20,22-23,28-29,38-39,43-46,49,53-56,60H,2,6-7,11,21,24-27H2,(H2,51,57)(H,58,59)/b30-13+/t28-,29+,38+,39-,43-,44?,45+,46+,49-,50-/m1/s1. The smallest absolute Gasteiger partial charge is 0.335 e. The number of nitrogens with two attached hydrogens (primary N) is 1. The van der Waals surface area contributed by atoms with Crippen molar-refractivity contribution in [1.82, 2.24) is 5.32 Å². The second-order valence-corrected chi connectivity index (χ2v) is 19.7. The number of aliphatic imine (C=N–C) groups is 1. The second kappa shape index (κ2) is 19.8. The Morgan fingerprint density at radius 2 is 1.85 bits per heavy atom. The summed E-state index contributed by atoms with van der Waals surface area (Å²) in [5.74, 6) is 5.43. The fourth-order valence-corrected chi connectivity index (χ4v) is 11.9. The number of nitrogens with zero attached hydrogens (tertiary/aromatic N) is 1. The van der Waals surface area contributed by atoms with Crippen LogP contribution < -0.4 is 20.5 Å². The van der Waals surface area contributed by atoms with Crippen LogP contribution in [0.1, 0.15) is 53.9 Å². The van der Waals surface area contributed by atoms with Gasteiger partial charge in [-0.3, -0.25) is 9.79 Å². The molecule has 66 heavy (non-hydrogen) atoms. The average molecular weight is 934 g/mol. The van der Waals surface area contributed by atoms with Gasteiger partial charge in [-0.2, -0.15) is 0 Å². The summed E-state index contributed by atoms with van der Waals surface area (Å²) in [6.45, 7) is 0.736. The number of allylic oxidation sites excluding steroid dienone is 5. The first kappa shape index (κ1) is 45.6. The predicted octanol–water partition coefficient (Wildman–Crippen LogP) is 5.85. The van der Waals surface area contributed by atoms with Crippen molar-refractivity contribution in [2.45, 2.75) is 67.9 Å². The molecule has 7 aliphatic rings. The second-order valence-electron chi connectivity index (χ2n) is 17.2. The van der Waals surface area contributed by atoms with Gasteiger partial charge in [-0.05, 0) is 89.2 Å². The molecule has 10 atom stereocenters. The summed E-state index contributed by atoms with van der Waals surface area (Å²) >= 11 is 0. The van der Waals surface area contributed by atoms with Crippen LogP contribution in [0, 0.1) is 29.6 Å². The van der Waals surface area contributed by atoms with Gasteiger partial charge < -0.3 is 55.5 Å². The lowest BCUT2D eigenvalue weighted by Gasteiger charge is -2.49. The monoisotopic (exact) mass is 933 g/mol. The number of fused-ring (bicyclic) bond motifs is 8. The number of carboxylic acid groups (broad SMARTS) is 1. The number of carboxylic acids is 1. The van der Waals surface area contributed by atoms with Crippen LogP contribution in [0.25, 0.3) is 16.9 Å². The fraction of sp³-hybridized carbons (Fsp3) is 0.380. The number of hydrogen-bond donors (Lipinski definition) is 7. The molecule has 0 spiro atoms. The van der Waals surface area contributed by atoms with Gasteiger partial charge in [0.1, 0.15) is 41.2 Å². The highest BCUT2D eigenvalue weighted by Gasteiger charge is 2.59. The van der Waals surface area contributed by atoms with Crippen molar-refractivity contribution >= 4 is 56.6 Å². The Balaban J connectivity index is 1.04. The Kier molecular flexibility index (Phi) is 13.7.